The van der Waals surface area contributed by atoms with Gasteiger partial charge in [0.1, 0.15) is 0 Å². The van der Waals surface area contributed by atoms with Gasteiger partial charge in [-0.2, -0.15) is 0 Å². The first-order valence-corrected chi connectivity index (χ1v) is 6.78. The first kappa shape index (κ1) is 13.8. The Morgan fingerprint density at radius 2 is 2.00 bits per heavy atom. The molecule has 1 aliphatic rings. The van der Waals surface area contributed by atoms with Crippen LogP contribution in [0.4, 0.5) is 0 Å². The highest BCUT2D eigenvalue weighted by Crippen LogP contribution is 2.25. The van der Waals surface area contributed by atoms with E-state index in [1.54, 1.807) is 11.0 Å². The van der Waals surface area contributed by atoms with Gasteiger partial charge in [0.25, 0.3) is 0 Å². The highest BCUT2D eigenvalue weighted by molar-refractivity contribution is 5.92. The van der Waals surface area contributed by atoms with E-state index in [-0.39, 0.29) is 5.91 Å². The Kier molecular flexibility index (Phi) is 4.05. The molecule has 0 aromatic heterocycles. The van der Waals surface area contributed by atoms with Crippen LogP contribution in [0.15, 0.2) is 30.3 Å². The summed E-state index contributed by atoms with van der Waals surface area (Å²) in [6.07, 6.45) is 5.10. The van der Waals surface area contributed by atoms with Gasteiger partial charge in [0, 0.05) is 6.08 Å². The summed E-state index contributed by atoms with van der Waals surface area (Å²) in [5.41, 5.74) is 1.57. The van der Waals surface area contributed by atoms with Gasteiger partial charge in [0.2, 0.25) is 5.91 Å². The normalized spacial score (nSPS) is 17.5. The number of hydrogen-bond acceptors (Lipinski definition) is 2. The largest absolute Gasteiger partial charge is 0.386 e. The summed E-state index contributed by atoms with van der Waals surface area (Å²) < 4.78 is 0. The molecule has 1 fully saturated rings. The van der Waals surface area contributed by atoms with Crippen molar-refractivity contribution in [3.63, 3.8) is 0 Å². The number of carbonyl (C=O) groups is 1. The summed E-state index contributed by atoms with van der Waals surface area (Å²) >= 11 is 0. The van der Waals surface area contributed by atoms with Crippen LogP contribution in [-0.2, 0) is 4.79 Å². The first-order valence-electron chi connectivity index (χ1n) is 6.78. The lowest BCUT2D eigenvalue weighted by atomic mass is 9.89. The average molecular weight is 259 g/mol. The quantitative estimate of drug-likeness (QED) is 0.843. The molecule has 0 radical (unpaired) electrons. The predicted molar refractivity (Wildman–Crippen MR) is 76.7 cm³/mol. The van der Waals surface area contributed by atoms with Crippen LogP contribution < -0.4 is 0 Å². The third-order valence-corrected chi connectivity index (χ3v) is 3.49. The summed E-state index contributed by atoms with van der Waals surface area (Å²) in [6, 6.07) is 8.02. The van der Waals surface area contributed by atoms with Crippen LogP contribution in [0, 0.1) is 6.92 Å². The topological polar surface area (TPSA) is 40.5 Å². The summed E-state index contributed by atoms with van der Waals surface area (Å²) in [6.45, 7) is 4.99. The van der Waals surface area contributed by atoms with Crippen molar-refractivity contribution in [3.05, 3.63) is 41.5 Å². The van der Waals surface area contributed by atoms with Gasteiger partial charge < -0.3 is 10.0 Å². The highest BCUT2D eigenvalue weighted by atomic mass is 16.3. The van der Waals surface area contributed by atoms with Crippen molar-refractivity contribution in [1.82, 2.24) is 4.90 Å². The molecule has 1 N–H and O–H groups in total. The number of nitrogens with zero attached hydrogens (tertiary/aromatic N) is 1. The Labute approximate surface area is 114 Å². The second-order valence-corrected chi connectivity index (χ2v) is 5.41. The molecule has 19 heavy (non-hydrogen) atoms. The Morgan fingerprint density at radius 1 is 1.37 bits per heavy atom. The minimum atomic E-state index is -0.651. The van der Waals surface area contributed by atoms with Gasteiger partial charge in [-0.25, -0.2) is 0 Å². The van der Waals surface area contributed by atoms with Gasteiger partial charge in [-0.15, -0.1) is 0 Å². The number of aryl methyl sites for hydroxylation is 1. The summed E-state index contributed by atoms with van der Waals surface area (Å²) in [5.74, 6) is -0.0265. The van der Waals surface area contributed by atoms with Crippen molar-refractivity contribution >= 4 is 12.0 Å². The third-order valence-electron chi connectivity index (χ3n) is 3.49. The fourth-order valence-electron chi connectivity index (χ4n) is 2.39. The molecule has 1 heterocycles. The number of rotatable bonds is 4. The zero-order valence-electron chi connectivity index (χ0n) is 11.6. The Hall–Kier alpha value is -1.61. The molecule has 1 saturated heterocycles. The van der Waals surface area contributed by atoms with Crippen LogP contribution in [0.2, 0.25) is 0 Å². The van der Waals surface area contributed by atoms with Crippen molar-refractivity contribution in [3.8, 4) is 0 Å². The van der Waals surface area contributed by atoms with E-state index in [0.717, 1.165) is 18.4 Å². The van der Waals surface area contributed by atoms with E-state index in [9.17, 15) is 9.90 Å². The van der Waals surface area contributed by atoms with Crippen LogP contribution in [-0.4, -0.2) is 34.6 Å². The molecule has 3 heteroatoms. The summed E-state index contributed by atoms with van der Waals surface area (Å²) in [4.78, 5) is 13.6. The number of likely N-dealkylation sites (tertiary alicyclic amines) is 1. The van der Waals surface area contributed by atoms with E-state index in [1.807, 2.05) is 44.2 Å². The molecule has 0 saturated carbocycles. The van der Waals surface area contributed by atoms with E-state index in [2.05, 4.69) is 0 Å². The number of hydrogen-bond donors (Lipinski definition) is 1. The summed E-state index contributed by atoms with van der Waals surface area (Å²) in [7, 11) is 0. The van der Waals surface area contributed by atoms with Crippen LogP contribution in [0.3, 0.4) is 0 Å². The lowest BCUT2D eigenvalue weighted by Crippen LogP contribution is -2.63. The molecule has 1 aromatic carbocycles. The monoisotopic (exact) mass is 259 g/mol. The van der Waals surface area contributed by atoms with Gasteiger partial charge >= 0.3 is 0 Å². The Morgan fingerprint density at radius 3 is 2.58 bits per heavy atom. The van der Waals surface area contributed by atoms with Gasteiger partial charge in [0.15, 0.2) is 0 Å². The zero-order valence-corrected chi connectivity index (χ0v) is 11.6. The van der Waals surface area contributed by atoms with Crippen LogP contribution >= 0.6 is 0 Å². The minimum Gasteiger partial charge on any atom is -0.386 e. The van der Waals surface area contributed by atoms with Crippen molar-refractivity contribution in [2.24, 2.45) is 0 Å². The van der Waals surface area contributed by atoms with Gasteiger partial charge in [-0.05, 0) is 25.0 Å². The van der Waals surface area contributed by atoms with Gasteiger partial charge in [-0.3, -0.25) is 4.79 Å². The third kappa shape index (κ3) is 3.44. The molecule has 0 aliphatic carbocycles. The number of carbonyl (C=O) groups excluding carboxylic acids is 1. The number of β-amino-alcohol motifs (C(OH)–C–C–N with tert-alkyl or cyclic N) is 1. The number of benzene rings is 1. The average Bonchev–Trinajstić information content (AvgIpc) is 2.35. The molecule has 0 unspecified atom stereocenters. The lowest BCUT2D eigenvalue weighted by Gasteiger charge is -2.46. The first-order chi connectivity index (χ1) is 9.02. The summed E-state index contributed by atoms with van der Waals surface area (Å²) in [5, 5.41) is 10.0. The van der Waals surface area contributed by atoms with Gasteiger partial charge in [0.05, 0.1) is 18.7 Å². The maximum Gasteiger partial charge on any atom is 0.246 e. The SMILES string of the molecule is CCCC1(O)CN(C(=O)C=Cc2ccc(C)cc2)C1. The highest BCUT2D eigenvalue weighted by Gasteiger charge is 2.41. The van der Waals surface area contributed by atoms with E-state index in [1.165, 1.54) is 5.56 Å². The number of aliphatic hydroxyl groups is 1. The van der Waals surface area contributed by atoms with Crippen LogP contribution in [0.5, 0.6) is 0 Å². The van der Waals surface area contributed by atoms with Crippen molar-refractivity contribution in [2.75, 3.05) is 13.1 Å². The molecule has 0 atom stereocenters. The second kappa shape index (κ2) is 5.57. The fraction of sp³-hybridized carbons (Fsp3) is 0.438. The molecular weight excluding hydrogens is 238 g/mol. The standard InChI is InChI=1S/C16H21NO2/c1-3-10-16(19)11-17(12-16)15(18)9-8-14-6-4-13(2)5-7-14/h4-9,19H,3,10-12H2,1-2H3. The second-order valence-electron chi connectivity index (χ2n) is 5.41. The van der Waals surface area contributed by atoms with Crippen molar-refractivity contribution in [1.29, 1.82) is 0 Å². The molecule has 0 spiro atoms. The smallest absolute Gasteiger partial charge is 0.246 e. The van der Waals surface area contributed by atoms with E-state index >= 15 is 0 Å². The van der Waals surface area contributed by atoms with E-state index in [4.69, 9.17) is 0 Å². The lowest BCUT2D eigenvalue weighted by molar-refractivity contribution is -0.151. The molecule has 1 aliphatic heterocycles. The zero-order chi connectivity index (χ0) is 13.9. The van der Waals surface area contributed by atoms with Crippen LogP contribution in [0.25, 0.3) is 6.08 Å². The Balaban J connectivity index is 1.87. The van der Waals surface area contributed by atoms with Crippen LogP contribution in [0.1, 0.15) is 30.9 Å². The molecule has 2 rings (SSSR count). The molecule has 102 valence electrons. The number of amides is 1. The van der Waals surface area contributed by atoms with E-state index < -0.39 is 5.60 Å². The van der Waals surface area contributed by atoms with Crippen molar-refractivity contribution < 1.29 is 9.90 Å². The Bertz CT molecular complexity index is 470. The van der Waals surface area contributed by atoms with Gasteiger partial charge in [-0.1, -0.05) is 43.2 Å². The maximum absolute atomic E-state index is 11.9. The minimum absolute atomic E-state index is 0.0265. The molecular formula is C16H21NO2. The molecule has 0 bridgehead atoms. The van der Waals surface area contributed by atoms with E-state index in [0.29, 0.717) is 13.1 Å². The molecule has 3 nitrogen and oxygen atoms in total. The van der Waals surface area contributed by atoms with Crippen molar-refractivity contribution in [2.45, 2.75) is 32.3 Å². The maximum atomic E-state index is 11.9. The molecule has 1 aromatic rings. The molecule has 1 amide bonds. The fourth-order valence-corrected chi connectivity index (χ4v) is 2.39. The predicted octanol–water partition coefficient (Wildman–Crippen LogP) is 2.38.